The number of aromatic nitrogens is 3. The van der Waals surface area contributed by atoms with Crippen molar-refractivity contribution in [3.05, 3.63) is 62.7 Å². The van der Waals surface area contributed by atoms with Crippen LogP contribution in [-0.2, 0) is 17.6 Å². The van der Waals surface area contributed by atoms with Crippen molar-refractivity contribution in [1.82, 2.24) is 14.6 Å². The van der Waals surface area contributed by atoms with E-state index in [9.17, 15) is 9.59 Å². The summed E-state index contributed by atoms with van der Waals surface area (Å²) < 4.78 is 1.66. The predicted molar refractivity (Wildman–Crippen MR) is 110 cm³/mol. The monoisotopic (exact) mass is 378 g/mol. The highest BCUT2D eigenvalue weighted by Gasteiger charge is 2.25. The standard InChI is InChI=1S/C22H26N4O2/c1-13(2)16-7-8-19-17(10-16)6-5-9-25(19)22(28)11-18-14(3)23-20-12-21(27)24-26(20)15(18)4/h7-8,10,12-13H,5-6,9,11H2,1-4H3,(H,24,27). The van der Waals surface area contributed by atoms with Crippen LogP contribution in [0.25, 0.3) is 5.65 Å². The molecule has 6 nitrogen and oxygen atoms in total. The van der Waals surface area contributed by atoms with Crippen LogP contribution >= 0.6 is 0 Å². The average Bonchev–Trinajstić information content (AvgIpc) is 3.04. The smallest absolute Gasteiger partial charge is 0.266 e. The Bertz CT molecular complexity index is 1120. The molecular formula is C22H26N4O2. The molecule has 2 aromatic heterocycles. The Morgan fingerprint density at radius 2 is 2.04 bits per heavy atom. The van der Waals surface area contributed by atoms with Gasteiger partial charge in [0.1, 0.15) is 0 Å². The number of anilines is 1. The molecule has 1 N–H and O–H groups in total. The summed E-state index contributed by atoms with van der Waals surface area (Å²) in [5, 5.41) is 2.75. The molecule has 0 bridgehead atoms. The highest BCUT2D eigenvalue weighted by atomic mass is 16.2. The van der Waals surface area contributed by atoms with E-state index in [0.29, 0.717) is 11.6 Å². The predicted octanol–water partition coefficient (Wildman–Crippen LogP) is 3.28. The Labute approximate surface area is 164 Å². The zero-order valence-corrected chi connectivity index (χ0v) is 16.9. The first kappa shape index (κ1) is 18.5. The van der Waals surface area contributed by atoms with Gasteiger partial charge in [-0.3, -0.25) is 14.7 Å². The number of carbonyl (C=O) groups excluding carboxylic acids is 1. The highest BCUT2D eigenvalue weighted by Crippen LogP contribution is 2.31. The number of aromatic amines is 1. The van der Waals surface area contributed by atoms with Gasteiger partial charge in [-0.05, 0) is 49.8 Å². The van der Waals surface area contributed by atoms with Crippen LogP contribution in [0.5, 0.6) is 0 Å². The van der Waals surface area contributed by atoms with E-state index in [1.807, 2.05) is 18.7 Å². The molecule has 1 aliphatic heterocycles. The quantitative estimate of drug-likeness (QED) is 0.760. The van der Waals surface area contributed by atoms with Gasteiger partial charge in [0.15, 0.2) is 5.65 Å². The second-order valence-corrected chi connectivity index (χ2v) is 7.94. The molecule has 0 aliphatic carbocycles. The van der Waals surface area contributed by atoms with Crippen LogP contribution in [0.2, 0.25) is 0 Å². The maximum absolute atomic E-state index is 13.2. The maximum Gasteiger partial charge on any atom is 0.266 e. The Morgan fingerprint density at radius 1 is 1.25 bits per heavy atom. The van der Waals surface area contributed by atoms with Crippen molar-refractivity contribution in [3.63, 3.8) is 0 Å². The topological polar surface area (TPSA) is 70.5 Å². The molecule has 0 radical (unpaired) electrons. The Morgan fingerprint density at radius 3 is 2.79 bits per heavy atom. The largest absolute Gasteiger partial charge is 0.312 e. The fourth-order valence-electron chi connectivity index (χ4n) is 4.09. The van der Waals surface area contributed by atoms with Gasteiger partial charge in [-0.2, -0.15) is 0 Å². The molecule has 3 aromatic rings. The second-order valence-electron chi connectivity index (χ2n) is 7.94. The van der Waals surface area contributed by atoms with Gasteiger partial charge in [0.2, 0.25) is 5.91 Å². The maximum atomic E-state index is 13.2. The van der Waals surface area contributed by atoms with Crippen LogP contribution in [0.15, 0.2) is 29.1 Å². The Hall–Kier alpha value is -2.89. The van der Waals surface area contributed by atoms with E-state index in [-0.39, 0.29) is 17.9 Å². The SMILES string of the molecule is Cc1nc2cc(=O)[nH]n2c(C)c1CC(=O)N1CCCc2cc(C(C)C)ccc21. The van der Waals surface area contributed by atoms with Crippen LogP contribution in [0.3, 0.4) is 0 Å². The summed E-state index contributed by atoms with van der Waals surface area (Å²) in [7, 11) is 0. The molecule has 6 heteroatoms. The molecule has 146 valence electrons. The first-order chi connectivity index (χ1) is 13.3. The number of rotatable bonds is 3. The van der Waals surface area contributed by atoms with Gasteiger partial charge in [0.05, 0.1) is 6.42 Å². The van der Waals surface area contributed by atoms with Crippen molar-refractivity contribution in [1.29, 1.82) is 0 Å². The number of nitrogens with one attached hydrogen (secondary N) is 1. The summed E-state index contributed by atoms with van der Waals surface area (Å²) in [4.78, 5) is 31.3. The molecule has 1 amide bonds. The number of amides is 1. The summed E-state index contributed by atoms with van der Waals surface area (Å²) in [5.74, 6) is 0.545. The van der Waals surface area contributed by atoms with E-state index in [0.717, 1.165) is 42.0 Å². The van der Waals surface area contributed by atoms with Crippen LogP contribution in [0.1, 0.15) is 54.3 Å². The van der Waals surface area contributed by atoms with Crippen molar-refractivity contribution >= 4 is 17.2 Å². The van der Waals surface area contributed by atoms with E-state index in [2.05, 4.69) is 42.1 Å². The number of hydrogen-bond donors (Lipinski definition) is 1. The molecule has 1 aliphatic rings. The van der Waals surface area contributed by atoms with Crippen molar-refractivity contribution in [2.24, 2.45) is 0 Å². The average molecular weight is 378 g/mol. The minimum absolute atomic E-state index is 0.0695. The van der Waals surface area contributed by atoms with Gasteiger partial charge in [-0.1, -0.05) is 26.0 Å². The highest BCUT2D eigenvalue weighted by molar-refractivity contribution is 5.96. The van der Waals surface area contributed by atoms with Crippen molar-refractivity contribution in [3.8, 4) is 0 Å². The van der Waals surface area contributed by atoms with Crippen LogP contribution in [0.4, 0.5) is 5.69 Å². The van der Waals surface area contributed by atoms with Gasteiger partial charge >= 0.3 is 0 Å². The molecular weight excluding hydrogens is 352 g/mol. The van der Waals surface area contributed by atoms with Crippen LogP contribution in [0, 0.1) is 13.8 Å². The fourth-order valence-corrected chi connectivity index (χ4v) is 4.09. The lowest BCUT2D eigenvalue weighted by Gasteiger charge is -2.30. The second kappa shape index (κ2) is 6.93. The summed E-state index contributed by atoms with van der Waals surface area (Å²) in [6, 6.07) is 7.93. The molecule has 0 fully saturated rings. The molecule has 1 aromatic carbocycles. The normalized spacial score (nSPS) is 14.0. The number of H-pyrrole nitrogens is 1. The number of nitrogens with zero attached hydrogens (tertiary/aromatic N) is 3. The summed E-state index contributed by atoms with van der Waals surface area (Å²) in [6.07, 6.45) is 2.25. The Balaban J connectivity index is 1.67. The number of aryl methyl sites for hydroxylation is 3. The molecule has 3 heterocycles. The summed E-state index contributed by atoms with van der Waals surface area (Å²) >= 11 is 0. The molecule has 0 spiro atoms. The lowest BCUT2D eigenvalue weighted by molar-refractivity contribution is -0.118. The lowest BCUT2D eigenvalue weighted by Crippen LogP contribution is -2.37. The third kappa shape index (κ3) is 3.13. The lowest BCUT2D eigenvalue weighted by atomic mass is 9.94. The van der Waals surface area contributed by atoms with Gasteiger partial charge in [0, 0.05) is 35.2 Å². The minimum Gasteiger partial charge on any atom is -0.312 e. The summed E-state index contributed by atoms with van der Waals surface area (Å²) in [6.45, 7) is 8.92. The number of benzene rings is 1. The Kier molecular flexibility index (Phi) is 4.57. The number of fused-ring (bicyclic) bond motifs is 2. The van der Waals surface area contributed by atoms with Gasteiger partial charge < -0.3 is 4.90 Å². The van der Waals surface area contributed by atoms with Crippen molar-refractivity contribution in [2.75, 3.05) is 11.4 Å². The minimum atomic E-state index is -0.190. The molecule has 0 unspecified atom stereocenters. The molecule has 0 saturated carbocycles. The van der Waals surface area contributed by atoms with Crippen molar-refractivity contribution in [2.45, 2.75) is 52.9 Å². The first-order valence-corrected chi connectivity index (χ1v) is 9.86. The number of hydrogen-bond acceptors (Lipinski definition) is 3. The molecule has 0 saturated heterocycles. The summed E-state index contributed by atoms with van der Waals surface area (Å²) in [5.41, 5.74) is 6.50. The molecule has 0 atom stereocenters. The zero-order valence-electron chi connectivity index (χ0n) is 16.9. The zero-order chi connectivity index (χ0) is 20.0. The van der Waals surface area contributed by atoms with Crippen LogP contribution in [-0.4, -0.2) is 27.0 Å². The van der Waals surface area contributed by atoms with E-state index < -0.39 is 0 Å². The third-order valence-corrected chi connectivity index (χ3v) is 5.72. The third-order valence-electron chi connectivity index (χ3n) is 5.72. The van der Waals surface area contributed by atoms with E-state index in [1.54, 1.807) is 4.52 Å². The number of carbonyl (C=O) groups is 1. The van der Waals surface area contributed by atoms with E-state index in [4.69, 9.17) is 0 Å². The fraction of sp³-hybridized carbons (Fsp3) is 0.409. The van der Waals surface area contributed by atoms with Crippen LogP contribution < -0.4 is 10.5 Å². The van der Waals surface area contributed by atoms with E-state index in [1.165, 1.54) is 17.2 Å². The van der Waals surface area contributed by atoms with Gasteiger partial charge in [0.25, 0.3) is 5.56 Å². The van der Waals surface area contributed by atoms with Crippen molar-refractivity contribution < 1.29 is 4.79 Å². The van der Waals surface area contributed by atoms with E-state index >= 15 is 0 Å². The molecule has 4 rings (SSSR count). The molecule has 28 heavy (non-hydrogen) atoms. The van der Waals surface area contributed by atoms with Gasteiger partial charge in [-0.15, -0.1) is 0 Å². The van der Waals surface area contributed by atoms with Gasteiger partial charge in [-0.25, -0.2) is 9.50 Å². The first-order valence-electron chi connectivity index (χ1n) is 9.86.